The van der Waals surface area contributed by atoms with E-state index in [2.05, 4.69) is 12.2 Å². The van der Waals surface area contributed by atoms with Crippen LogP contribution in [0.4, 0.5) is 0 Å². The topological polar surface area (TPSA) is 66.4 Å². The van der Waals surface area contributed by atoms with Crippen LogP contribution in [0.1, 0.15) is 48.5 Å². The van der Waals surface area contributed by atoms with E-state index in [0.29, 0.717) is 11.1 Å². The Bertz CT molecular complexity index is 543. The van der Waals surface area contributed by atoms with Crippen LogP contribution in [-0.4, -0.2) is 23.0 Å². The van der Waals surface area contributed by atoms with Crippen LogP contribution in [0, 0.1) is 5.92 Å². The second-order valence-corrected chi connectivity index (χ2v) is 5.73. The Kier molecular flexibility index (Phi) is 5.14. The number of benzene rings is 1. The molecule has 0 atom stereocenters. The van der Waals surface area contributed by atoms with Gasteiger partial charge in [0.05, 0.1) is 0 Å². The molecule has 0 radical (unpaired) electrons. The van der Waals surface area contributed by atoms with Gasteiger partial charge >= 0.3 is 5.97 Å². The van der Waals surface area contributed by atoms with E-state index in [1.54, 1.807) is 24.3 Å². The lowest BCUT2D eigenvalue weighted by atomic mass is 9.87. The van der Waals surface area contributed by atoms with E-state index in [1.165, 1.54) is 6.08 Å². The third kappa shape index (κ3) is 4.74. The number of carbonyl (C=O) groups is 2. The summed E-state index contributed by atoms with van der Waals surface area (Å²) in [4.78, 5) is 22.7. The zero-order valence-electron chi connectivity index (χ0n) is 12.2. The van der Waals surface area contributed by atoms with Gasteiger partial charge in [-0.2, -0.15) is 0 Å². The van der Waals surface area contributed by atoms with Crippen molar-refractivity contribution < 1.29 is 14.7 Å². The molecular weight excluding hydrogens is 266 g/mol. The largest absolute Gasteiger partial charge is 0.478 e. The van der Waals surface area contributed by atoms with Crippen LogP contribution in [0.2, 0.25) is 0 Å². The molecule has 0 spiro atoms. The highest BCUT2D eigenvalue weighted by atomic mass is 16.4. The second kappa shape index (κ2) is 7.07. The van der Waals surface area contributed by atoms with Crippen LogP contribution in [-0.2, 0) is 4.79 Å². The molecule has 4 heteroatoms. The minimum absolute atomic E-state index is 0.0832. The van der Waals surface area contributed by atoms with Crippen molar-refractivity contribution in [2.45, 2.75) is 38.6 Å². The molecule has 1 saturated carbocycles. The molecule has 21 heavy (non-hydrogen) atoms. The Hall–Kier alpha value is -2.10. The first kappa shape index (κ1) is 15.3. The zero-order chi connectivity index (χ0) is 15.2. The number of carboxylic acid groups (broad SMARTS) is 1. The summed E-state index contributed by atoms with van der Waals surface area (Å²) < 4.78 is 0. The second-order valence-electron chi connectivity index (χ2n) is 5.73. The van der Waals surface area contributed by atoms with Gasteiger partial charge in [0, 0.05) is 17.7 Å². The molecule has 1 fully saturated rings. The highest BCUT2D eigenvalue weighted by Gasteiger charge is 2.20. The number of amides is 1. The van der Waals surface area contributed by atoms with Crippen LogP contribution in [0.5, 0.6) is 0 Å². The zero-order valence-corrected chi connectivity index (χ0v) is 12.2. The average Bonchev–Trinajstić information content (AvgIpc) is 2.48. The van der Waals surface area contributed by atoms with E-state index < -0.39 is 5.97 Å². The van der Waals surface area contributed by atoms with Gasteiger partial charge in [0.15, 0.2) is 0 Å². The molecule has 1 amide bonds. The van der Waals surface area contributed by atoms with Crippen LogP contribution in [0.3, 0.4) is 0 Å². The van der Waals surface area contributed by atoms with Crippen molar-refractivity contribution in [1.29, 1.82) is 0 Å². The smallest absolute Gasteiger partial charge is 0.328 e. The van der Waals surface area contributed by atoms with Gasteiger partial charge in [-0.05, 0) is 55.4 Å². The normalized spacial score (nSPS) is 22.1. The van der Waals surface area contributed by atoms with E-state index in [9.17, 15) is 9.59 Å². The molecule has 2 N–H and O–H groups in total. The van der Waals surface area contributed by atoms with Crippen molar-refractivity contribution in [1.82, 2.24) is 5.32 Å². The highest BCUT2D eigenvalue weighted by Crippen LogP contribution is 2.23. The quantitative estimate of drug-likeness (QED) is 0.836. The minimum atomic E-state index is -0.999. The lowest BCUT2D eigenvalue weighted by Gasteiger charge is -2.26. The average molecular weight is 287 g/mol. The lowest BCUT2D eigenvalue weighted by molar-refractivity contribution is -0.131. The number of hydrogen-bond acceptors (Lipinski definition) is 2. The molecule has 0 saturated heterocycles. The van der Waals surface area contributed by atoms with E-state index in [4.69, 9.17) is 5.11 Å². The van der Waals surface area contributed by atoms with Crippen molar-refractivity contribution in [2.24, 2.45) is 5.92 Å². The van der Waals surface area contributed by atoms with Crippen molar-refractivity contribution in [3.63, 3.8) is 0 Å². The molecule has 4 nitrogen and oxygen atoms in total. The Balaban J connectivity index is 1.99. The maximum absolute atomic E-state index is 12.2. The fourth-order valence-corrected chi connectivity index (χ4v) is 2.62. The van der Waals surface area contributed by atoms with Gasteiger partial charge in [0.2, 0.25) is 0 Å². The van der Waals surface area contributed by atoms with Crippen molar-refractivity contribution in [2.75, 3.05) is 0 Å². The molecule has 0 aliphatic heterocycles. The Morgan fingerprint density at radius 2 is 1.95 bits per heavy atom. The van der Waals surface area contributed by atoms with Crippen molar-refractivity contribution in [3.8, 4) is 0 Å². The fraction of sp³-hybridized carbons (Fsp3) is 0.412. The van der Waals surface area contributed by atoms with Crippen LogP contribution in [0.25, 0.3) is 6.08 Å². The highest BCUT2D eigenvalue weighted by molar-refractivity contribution is 5.95. The number of aliphatic carboxylic acids is 1. The molecule has 1 aliphatic carbocycles. The molecule has 1 aliphatic rings. The predicted octanol–water partition coefficient (Wildman–Crippen LogP) is 3.09. The molecule has 0 unspecified atom stereocenters. The molecule has 1 aromatic rings. The molecular formula is C17H21NO3. The Morgan fingerprint density at radius 1 is 1.24 bits per heavy atom. The summed E-state index contributed by atoms with van der Waals surface area (Å²) >= 11 is 0. The van der Waals surface area contributed by atoms with Crippen molar-refractivity contribution >= 4 is 18.0 Å². The maximum Gasteiger partial charge on any atom is 0.328 e. The van der Waals surface area contributed by atoms with Gasteiger partial charge in [-0.1, -0.05) is 19.1 Å². The first-order valence-corrected chi connectivity index (χ1v) is 7.36. The number of carboxylic acids is 1. The van der Waals surface area contributed by atoms with Gasteiger partial charge in [0.1, 0.15) is 0 Å². The first-order chi connectivity index (χ1) is 10.0. The predicted molar refractivity (Wildman–Crippen MR) is 82.0 cm³/mol. The van der Waals surface area contributed by atoms with E-state index in [-0.39, 0.29) is 11.9 Å². The molecule has 0 aromatic heterocycles. The van der Waals surface area contributed by atoms with E-state index in [0.717, 1.165) is 37.7 Å². The summed E-state index contributed by atoms with van der Waals surface area (Å²) in [5.41, 5.74) is 1.28. The summed E-state index contributed by atoms with van der Waals surface area (Å²) in [6.45, 7) is 2.25. The van der Waals surface area contributed by atoms with Gasteiger partial charge in [-0.15, -0.1) is 0 Å². The fourth-order valence-electron chi connectivity index (χ4n) is 2.62. The van der Waals surface area contributed by atoms with Gasteiger partial charge < -0.3 is 10.4 Å². The SMILES string of the molecule is CC1CCC(NC(=O)c2cccc(/C=C/C(=O)O)c2)CC1. The summed E-state index contributed by atoms with van der Waals surface area (Å²) in [5, 5.41) is 11.7. The van der Waals surface area contributed by atoms with Gasteiger partial charge in [0.25, 0.3) is 5.91 Å². The number of carbonyl (C=O) groups excluding carboxylic acids is 1. The maximum atomic E-state index is 12.2. The monoisotopic (exact) mass is 287 g/mol. The summed E-state index contributed by atoms with van der Waals surface area (Å²) in [5.74, 6) is -0.330. The van der Waals surface area contributed by atoms with E-state index in [1.807, 2.05) is 0 Å². The molecule has 0 heterocycles. The van der Waals surface area contributed by atoms with Crippen LogP contribution in [0.15, 0.2) is 30.3 Å². The number of rotatable bonds is 4. The summed E-state index contributed by atoms with van der Waals surface area (Å²) in [6.07, 6.45) is 6.94. The lowest BCUT2D eigenvalue weighted by Crippen LogP contribution is -2.37. The van der Waals surface area contributed by atoms with Gasteiger partial charge in [-0.3, -0.25) is 4.79 Å². The number of nitrogens with one attached hydrogen (secondary N) is 1. The summed E-state index contributed by atoms with van der Waals surface area (Å²) in [7, 11) is 0. The molecule has 0 bridgehead atoms. The van der Waals surface area contributed by atoms with Crippen LogP contribution < -0.4 is 5.32 Å². The Labute approximate surface area is 124 Å². The standard InChI is InChI=1S/C17H21NO3/c1-12-5-8-15(9-6-12)18-17(21)14-4-2-3-13(11-14)7-10-16(19)20/h2-4,7,10-12,15H,5-6,8-9H2,1H3,(H,18,21)(H,19,20)/b10-7+. The van der Waals surface area contributed by atoms with Crippen LogP contribution >= 0.6 is 0 Å². The summed E-state index contributed by atoms with van der Waals surface area (Å²) in [6, 6.07) is 7.25. The Morgan fingerprint density at radius 3 is 2.62 bits per heavy atom. The van der Waals surface area contributed by atoms with E-state index >= 15 is 0 Å². The first-order valence-electron chi connectivity index (χ1n) is 7.36. The minimum Gasteiger partial charge on any atom is -0.478 e. The van der Waals surface area contributed by atoms with Gasteiger partial charge in [-0.25, -0.2) is 4.79 Å². The molecule has 1 aromatic carbocycles. The number of hydrogen-bond donors (Lipinski definition) is 2. The third-order valence-corrected chi connectivity index (χ3v) is 3.92. The third-order valence-electron chi connectivity index (χ3n) is 3.92. The molecule has 2 rings (SSSR count). The molecule has 112 valence electrons. The van der Waals surface area contributed by atoms with Crippen molar-refractivity contribution in [3.05, 3.63) is 41.5 Å².